The SMILES string of the molecule is COc1cc(NC(=O)C[C@@H]2Sc3ccccc3NC2=O)c(OC)cc1Cl. The van der Waals surface area contributed by atoms with Gasteiger partial charge in [-0.15, -0.1) is 11.8 Å². The molecule has 0 aromatic heterocycles. The summed E-state index contributed by atoms with van der Waals surface area (Å²) in [5, 5.41) is 5.45. The van der Waals surface area contributed by atoms with E-state index in [0.717, 1.165) is 10.6 Å². The van der Waals surface area contributed by atoms with Crippen molar-refractivity contribution in [1.82, 2.24) is 0 Å². The molecule has 2 amide bonds. The average molecular weight is 393 g/mol. The van der Waals surface area contributed by atoms with Gasteiger partial charge in [0.15, 0.2) is 0 Å². The van der Waals surface area contributed by atoms with Crippen molar-refractivity contribution >= 4 is 46.6 Å². The number of ether oxygens (including phenoxy) is 2. The molecular weight excluding hydrogens is 376 g/mol. The van der Waals surface area contributed by atoms with Crippen LogP contribution in [0.2, 0.25) is 5.02 Å². The van der Waals surface area contributed by atoms with Crippen molar-refractivity contribution in [2.45, 2.75) is 16.6 Å². The van der Waals surface area contributed by atoms with Crippen molar-refractivity contribution in [3.05, 3.63) is 41.4 Å². The van der Waals surface area contributed by atoms with Crippen molar-refractivity contribution in [2.75, 3.05) is 24.9 Å². The summed E-state index contributed by atoms with van der Waals surface area (Å²) in [6, 6.07) is 10.6. The molecule has 8 heteroatoms. The van der Waals surface area contributed by atoms with Crippen LogP contribution in [0.3, 0.4) is 0 Å². The van der Waals surface area contributed by atoms with Gasteiger partial charge in [-0.05, 0) is 12.1 Å². The zero-order chi connectivity index (χ0) is 18.7. The van der Waals surface area contributed by atoms with Crippen LogP contribution in [0.1, 0.15) is 6.42 Å². The average Bonchev–Trinajstić information content (AvgIpc) is 2.63. The van der Waals surface area contributed by atoms with Crippen LogP contribution in [0.5, 0.6) is 11.5 Å². The van der Waals surface area contributed by atoms with E-state index in [1.54, 1.807) is 12.1 Å². The molecule has 0 bridgehead atoms. The fraction of sp³-hybridized carbons (Fsp3) is 0.222. The van der Waals surface area contributed by atoms with Crippen molar-refractivity contribution in [2.24, 2.45) is 0 Å². The van der Waals surface area contributed by atoms with Gasteiger partial charge in [-0.2, -0.15) is 0 Å². The number of thioether (sulfide) groups is 1. The Balaban J connectivity index is 1.73. The summed E-state index contributed by atoms with van der Waals surface area (Å²) in [4.78, 5) is 25.6. The van der Waals surface area contributed by atoms with Crippen molar-refractivity contribution in [3.63, 3.8) is 0 Å². The van der Waals surface area contributed by atoms with Gasteiger partial charge in [0, 0.05) is 23.4 Å². The Hall–Kier alpha value is -2.38. The Labute approximate surface area is 160 Å². The van der Waals surface area contributed by atoms with E-state index in [1.165, 1.54) is 26.0 Å². The number of para-hydroxylation sites is 1. The summed E-state index contributed by atoms with van der Waals surface area (Å²) >= 11 is 7.44. The molecule has 0 aliphatic carbocycles. The number of anilines is 2. The molecule has 1 aliphatic rings. The van der Waals surface area contributed by atoms with Crippen LogP contribution in [0.15, 0.2) is 41.3 Å². The molecule has 2 aromatic carbocycles. The fourth-order valence-corrected chi connectivity index (χ4v) is 3.90. The van der Waals surface area contributed by atoms with E-state index in [4.69, 9.17) is 21.1 Å². The van der Waals surface area contributed by atoms with Crippen LogP contribution in [-0.2, 0) is 9.59 Å². The lowest BCUT2D eigenvalue weighted by Crippen LogP contribution is -2.32. The molecule has 1 atom stereocenters. The first-order chi connectivity index (χ1) is 12.5. The summed E-state index contributed by atoms with van der Waals surface area (Å²) < 4.78 is 10.4. The highest BCUT2D eigenvalue weighted by molar-refractivity contribution is 8.01. The number of rotatable bonds is 5. The summed E-state index contributed by atoms with van der Waals surface area (Å²) in [5.74, 6) is 0.334. The molecule has 1 heterocycles. The number of fused-ring (bicyclic) bond motifs is 1. The monoisotopic (exact) mass is 392 g/mol. The quantitative estimate of drug-likeness (QED) is 0.809. The maximum absolute atomic E-state index is 12.5. The largest absolute Gasteiger partial charge is 0.495 e. The first kappa shape index (κ1) is 18.4. The Morgan fingerprint density at radius 3 is 2.69 bits per heavy atom. The molecule has 2 aromatic rings. The molecule has 0 radical (unpaired) electrons. The minimum Gasteiger partial charge on any atom is -0.495 e. The van der Waals surface area contributed by atoms with Gasteiger partial charge in [-0.1, -0.05) is 23.7 Å². The van der Waals surface area contributed by atoms with Gasteiger partial charge in [0.1, 0.15) is 11.5 Å². The second-order valence-corrected chi connectivity index (χ2v) is 7.18. The van der Waals surface area contributed by atoms with Crippen LogP contribution < -0.4 is 20.1 Å². The predicted octanol–water partition coefficient (Wildman–Crippen LogP) is 3.80. The van der Waals surface area contributed by atoms with Crippen molar-refractivity contribution in [1.29, 1.82) is 0 Å². The fourth-order valence-electron chi connectivity index (χ4n) is 2.55. The van der Waals surface area contributed by atoms with Gasteiger partial charge >= 0.3 is 0 Å². The molecule has 0 spiro atoms. The number of hydrogen-bond acceptors (Lipinski definition) is 5. The molecule has 0 fully saturated rings. The van der Waals surface area contributed by atoms with Gasteiger partial charge in [-0.25, -0.2) is 0 Å². The molecule has 1 aliphatic heterocycles. The highest BCUT2D eigenvalue weighted by Gasteiger charge is 2.29. The number of carbonyl (C=O) groups is 2. The minimum atomic E-state index is -0.509. The third-order valence-electron chi connectivity index (χ3n) is 3.83. The topological polar surface area (TPSA) is 76.7 Å². The molecule has 0 unspecified atom stereocenters. The molecular formula is C18H17ClN2O4S. The Bertz CT molecular complexity index is 859. The predicted molar refractivity (Wildman–Crippen MR) is 103 cm³/mol. The number of halogens is 1. The number of carbonyl (C=O) groups excluding carboxylic acids is 2. The summed E-state index contributed by atoms with van der Waals surface area (Å²) in [6.07, 6.45) is 0.0267. The number of methoxy groups -OCH3 is 2. The van der Waals surface area contributed by atoms with E-state index in [-0.39, 0.29) is 18.2 Å². The van der Waals surface area contributed by atoms with Crippen molar-refractivity contribution < 1.29 is 19.1 Å². The third-order valence-corrected chi connectivity index (χ3v) is 5.40. The maximum atomic E-state index is 12.5. The molecule has 0 saturated heterocycles. The Kier molecular flexibility index (Phi) is 5.58. The Morgan fingerprint density at radius 1 is 1.23 bits per heavy atom. The molecule has 0 saturated carbocycles. The highest BCUT2D eigenvalue weighted by Crippen LogP contribution is 2.38. The van der Waals surface area contributed by atoms with E-state index in [2.05, 4.69) is 10.6 Å². The maximum Gasteiger partial charge on any atom is 0.238 e. The van der Waals surface area contributed by atoms with Gasteiger partial charge in [0.2, 0.25) is 11.8 Å². The molecule has 6 nitrogen and oxygen atoms in total. The van der Waals surface area contributed by atoms with E-state index >= 15 is 0 Å². The summed E-state index contributed by atoms with van der Waals surface area (Å²) in [7, 11) is 2.97. The van der Waals surface area contributed by atoms with E-state index in [1.807, 2.05) is 24.3 Å². The van der Waals surface area contributed by atoms with Gasteiger partial charge in [0.25, 0.3) is 0 Å². The zero-order valence-electron chi connectivity index (χ0n) is 14.2. The first-order valence-electron chi connectivity index (χ1n) is 7.79. The Morgan fingerprint density at radius 2 is 1.96 bits per heavy atom. The first-order valence-corrected chi connectivity index (χ1v) is 9.05. The van der Waals surface area contributed by atoms with E-state index < -0.39 is 5.25 Å². The number of benzene rings is 2. The minimum absolute atomic E-state index is 0.0267. The van der Waals surface area contributed by atoms with Gasteiger partial charge < -0.3 is 20.1 Å². The van der Waals surface area contributed by atoms with Crippen LogP contribution in [-0.4, -0.2) is 31.3 Å². The van der Waals surface area contributed by atoms with Crippen LogP contribution in [0.25, 0.3) is 0 Å². The number of hydrogen-bond donors (Lipinski definition) is 2. The normalized spacial score (nSPS) is 15.7. The van der Waals surface area contributed by atoms with E-state index in [0.29, 0.717) is 22.2 Å². The van der Waals surface area contributed by atoms with Gasteiger partial charge in [-0.3, -0.25) is 9.59 Å². The molecule has 2 N–H and O–H groups in total. The molecule has 136 valence electrons. The number of amides is 2. The zero-order valence-corrected chi connectivity index (χ0v) is 15.7. The lowest BCUT2D eigenvalue weighted by atomic mass is 10.2. The number of nitrogens with one attached hydrogen (secondary N) is 2. The third kappa shape index (κ3) is 3.89. The van der Waals surface area contributed by atoms with Crippen LogP contribution in [0.4, 0.5) is 11.4 Å². The molecule has 26 heavy (non-hydrogen) atoms. The summed E-state index contributed by atoms with van der Waals surface area (Å²) in [6.45, 7) is 0. The standard InChI is InChI=1S/C18H17ClN2O4S/c1-24-13-8-12(14(25-2)7-10(13)19)20-17(22)9-16-18(23)21-11-5-3-4-6-15(11)26-16/h3-8,16H,9H2,1-2H3,(H,20,22)(H,21,23)/t16-/m0/s1. The van der Waals surface area contributed by atoms with E-state index in [9.17, 15) is 9.59 Å². The lowest BCUT2D eigenvalue weighted by molar-refractivity contribution is -0.120. The lowest BCUT2D eigenvalue weighted by Gasteiger charge is -2.23. The second kappa shape index (κ2) is 7.88. The van der Waals surface area contributed by atoms with Crippen LogP contribution in [0, 0.1) is 0 Å². The second-order valence-electron chi connectivity index (χ2n) is 5.53. The smallest absolute Gasteiger partial charge is 0.238 e. The molecule has 3 rings (SSSR count). The summed E-state index contributed by atoms with van der Waals surface area (Å²) in [5.41, 5.74) is 1.20. The van der Waals surface area contributed by atoms with Gasteiger partial charge in [0.05, 0.1) is 35.9 Å². The van der Waals surface area contributed by atoms with Crippen molar-refractivity contribution in [3.8, 4) is 11.5 Å². The van der Waals surface area contributed by atoms with Crippen LogP contribution >= 0.6 is 23.4 Å². The highest BCUT2D eigenvalue weighted by atomic mass is 35.5.